The molecule has 2 N–H and O–H groups in total. The van der Waals surface area contributed by atoms with Gasteiger partial charge in [-0.25, -0.2) is 0 Å². The van der Waals surface area contributed by atoms with Crippen molar-refractivity contribution in [3.05, 3.63) is 51.7 Å². The van der Waals surface area contributed by atoms with Crippen molar-refractivity contribution in [3.63, 3.8) is 0 Å². The first-order valence-electron chi connectivity index (χ1n) is 5.79. The minimum absolute atomic E-state index is 0.0639. The highest BCUT2D eigenvalue weighted by Gasteiger charge is 2.04. The Morgan fingerprint density at radius 2 is 2.17 bits per heavy atom. The van der Waals surface area contributed by atoms with Crippen LogP contribution in [0.25, 0.3) is 0 Å². The van der Waals surface area contributed by atoms with E-state index in [2.05, 4.69) is 29.0 Å². The molecule has 2 rings (SSSR count). The lowest BCUT2D eigenvalue weighted by atomic mass is 10.2. The summed E-state index contributed by atoms with van der Waals surface area (Å²) in [6.07, 6.45) is 0. The van der Waals surface area contributed by atoms with E-state index in [-0.39, 0.29) is 5.91 Å². The molecular weight excluding hydrogens is 244 g/mol. The Labute approximate surface area is 111 Å². The Hall–Kier alpha value is -1.81. The Bertz CT molecular complexity index is 548. The van der Waals surface area contributed by atoms with Gasteiger partial charge in [-0.1, -0.05) is 6.07 Å². The van der Waals surface area contributed by atoms with Crippen LogP contribution in [0.5, 0.6) is 0 Å². The fourth-order valence-electron chi connectivity index (χ4n) is 1.68. The number of rotatable bonds is 4. The average Bonchev–Trinajstić information content (AvgIpc) is 2.81. The summed E-state index contributed by atoms with van der Waals surface area (Å²) in [7, 11) is 1.64. The summed E-state index contributed by atoms with van der Waals surface area (Å²) in [5.41, 5.74) is 2.93. The van der Waals surface area contributed by atoms with E-state index < -0.39 is 0 Å². The van der Waals surface area contributed by atoms with Crippen LogP contribution in [0, 0.1) is 6.92 Å². The number of amides is 1. The maximum atomic E-state index is 11.5. The maximum Gasteiger partial charge on any atom is 0.251 e. The number of hydrogen-bond acceptors (Lipinski definition) is 3. The van der Waals surface area contributed by atoms with Crippen molar-refractivity contribution in [3.8, 4) is 0 Å². The fourth-order valence-corrected chi connectivity index (χ4v) is 2.53. The van der Waals surface area contributed by atoms with Crippen molar-refractivity contribution in [2.75, 3.05) is 12.4 Å². The van der Waals surface area contributed by atoms with Gasteiger partial charge in [0, 0.05) is 29.7 Å². The predicted octanol–water partition coefficient (Wildman–Crippen LogP) is 3.03. The first-order chi connectivity index (χ1) is 8.70. The van der Waals surface area contributed by atoms with Crippen LogP contribution < -0.4 is 10.6 Å². The quantitative estimate of drug-likeness (QED) is 0.887. The molecule has 2 aromatic rings. The first-order valence-corrected chi connectivity index (χ1v) is 6.67. The molecule has 0 saturated heterocycles. The Balaban J connectivity index is 2.06. The highest BCUT2D eigenvalue weighted by Crippen LogP contribution is 2.18. The van der Waals surface area contributed by atoms with Gasteiger partial charge in [0.25, 0.3) is 5.91 Å². The zero-order valence-corrected chi connectivity index (χ0v) is 11.3. The molecule has 0 radical (unpaired) electrons. The molecule has 0 aliphatic rings. The lowest BCUT2D eigenvalue weighted by molar-refractivity contribution is 0.0963. The number of anilines is 1. The van der Waals surface area contributed by atoms with Crippen LogP contribution >= 0.6 is 11.3 Å². The van der Waals surface area contributed by atoms with Crippen LogP contribution in [-0.2, 0) is 6.54 Å². The standard InChI is InChI=1S/C14H16N2OS/c1-10-6-7-18-13(10)9-16-12-5-3-4-11(8-12)14(17)15-2/h3-8,16H,9H2,1-2H3,(H,15,17). The molecule has 94 valence electrons. The van der Waals surface area contributed by atoms with Gasteiger partial charge >= 0.3 is 0 Å². The smallest absolute Gasteiger partial charge is 0.251 e. The lowest BCUT2D eigenvalue weighted by Crippen LogP contribution is -2.17. The SMILES string of the molecule is CNC(=O)c1cccc(NCc2sccc2C)c1. The van der Waals surface area contributed by atoms with Crippen molar-refractivity contribution in [2.24, 2.45) is 0 Å². The van der Waals surface area contributed by atoms with Crippen LogP contribution in [0.2, 0.25) is 0 Å². The van der Waals surface area contributed by atoms with Crippen LogP contribution in [0.3, 0.4) is 0 Å². The van der Waals surface area contributed by atoms with Gasteiger partial charge in [0.2, 0.25) is 0 Å². The number of aryl methyl sites for hydroxylation is 1. The summed E-state index contributed by atoms with van der Waals surface area (Å²) in [5, 5.41) is 8.05. The minimum Gasteiger partial charge on any atom is -0.380 e. The third kappa shape index (κ3) is 2.90. The second-order valence-electron chi connectivity index (χ2n) is 4.04. The zero-order valence-electron chi connectivity index (χ0n) is 10.5. The van der Waals surface area contributed by atoms with Gasteiger partial charge in [0.15, 0.2) is 0 Å². The molecule has 3 nitrogen and oxygen atoms in total. The molecule has 0 fully saturated rings. The first kappa shape index (κ1) is 12.6. The molecular formula is C14H16N2OS. The van der Waals surface area contributed by atoms with Gasteiger partial charge in [-0.15, -0.1) is 11.3 Å². The van der Waals surface area contributed by atoms with E-state index in [0.717, 1.165) is 12.2 Å². The fraction of sp³-hybridized carbons (Fsp3) is 0.214. The van der Waals surface area contributed by atoms with Gasteiger partial charge in [-0.3, -0.25) is 4.79 Å². The molecule has 4 heteroatoms. The molecule has 18 heavy (non-hydrogen) atoms. The lowest BCUT2D eigenvalue weighted by Gasteiger charge is -2.07. The van der Waals surface area contributed by atoms with Crippen molar-refractivity contribution in [2.45, 2.75) is 13.5 Å². The summed E-state index contributed by atoms with van der Waals surface area (Å²) in [6.45, 7) is 2.90. The van der Waals surface area contributed by atoms with Gasteiger partial charge in [0.1, 0.15) is 0 Å². The summed E-state index contributed by atoms with van der Waals surface area (Å²) >= 11 is 1.74. The maximum absolute atomic E-state index is 11.5. The molecule has 0 saturated carbocycles. The molecule has 0 aliphatic heterocycles. The Morgan fingerprint density at radius 1 is 1.33 bits per heavy atom. The van der Waals surface area contributed by atoms with E-state index in [0.29, 0.717) is 5.56 Å². The average molecular weight is 260 g/mol. The van der Waals surface area contributed by atoms with Gasteiger partial charge in [-0.05, 0) is 42.1 Å². The predicted molar refractivity (Wildman–Crippen MR) is 76.2 cm³/mol. The molecule has 1 amide bonds. The van der Waals surface area contributed by atoms with E-state index in [4.69, 9.17) is 0 Å². The molecule has 0 spiro atoms. The minimum atomic E-state index is -0.0639. The number of hydrogen-bond donors (Lipinski definition) is 2. The van der Waals surface area contributed by atoms with Crippen LogP contribution in [-0.4, -0.2) is 13.0 Å². The van der Waals surface area contributed by atoms with E-state index in [1.165, 1.54) is 10.4 Å². The van der Waals surface area contributed by atoms with E-state index >= 15 is 0 Å². The van der Waals surface area contributed by atoms with Crippen molar-refractivity contribution < 1.29 is 4.79 Å². The Kier molecular flexibility index (Phi) is 3.99. The van der Waals surface area contributed by atoms with E-state index in [9.17, 15) is 4.79 Å². The highest BCUT2D eigenvalue weighted by molar-refractivity contribution is 7.10. The molecule has 0 aliphatic carbocycles. The van der Waals surface area contributed by atoms with Gasteiger partial charge < -0.3 is 10.6 Å². The molecule has 0 unspecified atom stereocenters. The topological polar surface area (TPSA) is 41.1 Å². The van der Waals surface area contributed by atoms with Crippen LogP contribution in [0.15, 0.2) is 35.7 Å². The van der Waals surface area contributed by atoms with Crippen molar-refractivity contribution in [1.29, 1.82) is 0 Å². The summed E-state index contributed by atoms with van der Waals surface area (Å²) in [6, 6.07) is 9.63. The molecule has 1 aromatic heterocycles. The number of thiophene rings is 1. The number of benzene rings is 1. The third-order valence-electron chi connectivity index (χ3n) is 2.77. The molecule has 0 bridgehead atoms. The molecule has 0 atom stereocenters. The molecule has 1 aromatic carbocycles. The summed E-state index contributed by atoms with van der Waals surface area (Å²) in [4.78, 5) is 12.8. The summed E-state index contributed by atoms with van der Waals surface area (Å²) in [5.74, 6) is -0.0639. The highest BCUT2D eigenvalue weighted by atomic mass is 32.1. The second-order valence-corrected chi connectivity index (χ2v) is 5.04. The van der Waals surface area contributed by atoms with Crippen LogP contribution in [0.1, 0.15) is 20.8 Å². The normalized spacial score (nSPS) is 10.1. The Morgan fingerprint density at radius 3 is 2.83 bits per heavy atom. The van der Waals surface area contributed by atoms with Gasteiger partial charge in [-0.2, -0.15) is 0 Å². The van der Waals surface area contributed by atoms with Crippen LogP contribution in [0.4, 0.5) is 5.69 Å². The molecule has 1 heterocycles. The van der Waals surface area contributed by atoms with Gasteiger partial charge in [0.05, 0.1) is 0 Å². The third-order valence-corrected chi connectivity index (χ3v) is 3.80. The zero-order chi connectivity index (χ0) is 13.0. The number of carbonyl (C=O) groups excluding carboxylic acids is 1. The van der Waals surface area contributed by atoms with Crippen molar-refractivity contribution >= 4 is 22.9 Å². The van der Waals surface area contributed by atoms with E-state index in [1.54, 1.807) is 24.5 Å². The number of carbonyl (C=O) groups is 1. The largest absolute Gasteiger partial charge is 0.380 e. The van der Waals surface area contributed by atoms with E-state index in [1.807, 2.05) is 18.2 Å². The second kappa shape index (κ2) is 5.69. The number of nitrogens with one attached hydrogen (secondary N) is 2. The summed E-state index contributed by atoms with van der Waals surface area (Å²) < 4.78 is 0. The monoisotopic (exact) mass is 260 g/mol. The van der Waals surface area contributed by atoms with Crippen molar-refractivity contribution in [1.82, 2.24) is 5.32 Å².